The summed E-state index contributed by atoms with van der Waals surface area (Å²) in [5, 5.41) is 2.66. The average Bonchev–Trinajstić information content (AvgIpc) is 2.79. The van der Waals surface area contributed by atoms with Crippen LogP contribution in [-0.2, 0) is 12.8 Å². The first kappa shape index (κ1) is 18.6. The van der Waals surface area contributed by atoms with E-state index < -0.39 is 6.10 Å². The SMILES string of the molecule is C[C@H](Oc1cccc2c1ccc1c3c(c(=O)oc12)CCCC3)C(=O)c1ccccc1. The molecule has 4 aromatic rings. The number of aryl methyl sites for hydroxylation is 1. The van der Waals surface area contributed by atoms with E-state index >= 15 is 0 Å². The maximum atomic E-state index is 12.7. The molecule has 0 spiro atoms. The third-order valence-corrected chi connectivity index (χ3v) is 5.94. The molecular formula is C26H22O4. The zero-order valence-electron chi connectivity index (χ0n) is 16.8. The van der Waals surface area contributed by atoms with Crippen LogP contribution < -0.4 is 10.4 Å². The molecule has 30 heavy (non-hydrogen) atoms. The van der Waals surface area contributed by atoms with E-state index in [9.17, 15) is 9.59 Å². The summed E-state index contributed by atoms with van der Waals surface area (Å²) in [7, 11) is 0. The Balaban J connectivity index is 1.59. The highest BCUT2D eigenvalue weighted by Gasteiger charge is 2.21. The zero-order chi connectivity index (χ0) is 20.7. The molecule has 3 aromatic carbocycles. The topological polar surface area (TPSA) is 56.5 Å². The average molecular weight is 398 g/mol. The van der Waals surface area contributed by atoms with Crippen molar-refractivity contribution in [3.63, 3.8) is 0 Å². The van der Waals surface area contributed by atoms with Gasteiger partial charge in [-0.2, -0.15) is 0 Å². The van der Waals surface area contributed by atoms with Gasteiger partial charge in [-0.3, -0.25) is 4.79 Å². The van der Waals surface area contributed by atoms with Crippen LogP contribution in [0.5, 0.6) is 5.75 Å². The Labute approximate surface area is 174 Å². The first-order chi connectivity index (χ1) is 14.6. The fourth-order valence-electron chi connectivity index (χ4n) is 4.41. The Morgan fingerprint density at radius 2 is 1.60 bits per heavy atom. The molecule has 0 amide bonds. The predicted octanol–water partition coefficient (Wildman–Crippen LogP) is 5.48. The summed E-state index contributed by atoms with van der Waals surface area (Å²) in [6, 6.07) is 18.8. The van der Waals surface area contributed by atoms with E-state index in [1.54, 1.807) is 19.1 Å². The van der Waals surface area contributed by atoms with Crippen LogP contribution in [0.4, 0.5) is 0 Å². The summed E-state index contributed by atoms with van der Waals surface area (Å²) in [4.78, 5) is 25.3. The van der Waals surface area contributed by atoms with Gasteiger partial charge < -0.3 is 9.15 Å². The highest BCUT2D eigenvalue weighted by Crippen LogP contribution is 2.35. The van der Waals surface area contributed by atoms with Crippen molar-refractivity contribution >= 4 is 27.5 Å². The lowest BCUT2D eigenvalue weighted by Gasteiger charge is -2.18. The van der Waals surface area contributed by atoms with Gasteiger partial charge in [-0.25, -0.2) is 4.79 Å². The standard InChI is InChI=1S/C26H22O4/c1-16(24(27)17-8-3-2-4-9-17)29-23-13-7-12-20-19(23)14-15-21-18-10-5-6-11-22(18)26(28)30-25(20)21/h2-4,7-9,12-16H,5-6,10-11H2,1H3/t16-/m0/s1. The largest absolute Gasteiger partial charge is 0.482 e. The van der Waals surface area contributed by atoms with Crippen molar-refractivity contribution < 1.29 is 13.9 Å². The van der Waals surface area contributed by atoms with Crippen molar-refractivity contribution in [3.05, 3.63) is 87.8 Å². The van der Waals surface area contributed by atoms with Gasteiger partial charge in [0.1, 0.15) is 11.3 Å². The molecule has 0 fully saturated rings. The maximum absolute atomic E-state index is 12.7. The summed E-state index contributed by atoms with van der Waals surface area (Å²) < 4.78 is 11.8. The van der Waals surface area contributed by atoms with E-state index in [1.807, 2.05) is 48.5 Å². The van der Waals surface area contributed by atoms with Gasteiger partial charge in [0, 0.05) is 27.3 Å². The molecule has 1 heterocycles. The minimum absolute atomic E-state index is 0.0750. The lowest BCUT2D eigenvalue weighted by molar-refractivity contribution is 0.0820. The van der Waals surface area contributed by atoms with Crippen molar-refractivity contribution in [2.75, 3.05) is 0 Å². The second kappa shape index (κ2) is 7.45. The van der Waals surface area contributed by atoms with Crippen LogP contribution >= 0.6 is 0 Å². The molecule has 150 valence electrons. The van der Waals surface area contributed by atoms with Crippen molar-refractivity contribution in [2.24, 2.45) is 0 Å². The Morgan fingerprint density at radius 3 is 2.40 bits per heavy atom. The normalized spacial score (nSPS) is 14.4. The van der Waals surface area contributed by atoms with Crippen LogP contribution in [0, 0.1) is 0 Å². The van der Waals surface area contributed by atoms with E-state index in [1.165, 1.54) is 0 Å². The van der Waals surface area contributed by atoms with Crippen LogP contribution in [0.2, 0.25) is 0 Å². The van der Waals surface area contributed by atoms with E-state index in [0.717, 1.165) is 53.0 Å². The Kier molecular flexibility index (Phi) is 4.62. The van der Waals surface area contributed by atoms with Crippen molar-refractivity contribution in [1.29, 1.82) is 0 Å². The molecule has 1 aromatic heterocycles. The number of hydrogen-bond donors (Lipinski definition) is 0. The molecule has 1 atom stereocenters. The fraction of sp³-hybridized carbons (Fsp3) is 0.231. The van der Waals surface area contributed by atoms with Crippen molar-refractivity contribution in [2.45, 2.75) is 38.7 Å². The molecule has 1 aliphatic carbocycles. The number of ether oxygens (including phenoxy) is 1. The van der Waals surface area contributed by atoms with E-state index in [4.69, 9.17) is 9.15 Å². The monoisotopic (exact) mass is 398 g/mol. The fourth-order valence-corrected chi connectivity index (χ4v) is 4.41. The Bertz CT molecular complexity index is 1320. The molecule has 0 radical (unpaired) electrons. The summed E-state index contributed by atoms with van der Waals surface area (Å²) in [5.74, 6) is 0.528. The number of fused-ring (bicyclic) bond motifs is 5. The highest BCUT2D eigenvalue weighted by atomic mass is 16.5. The van der Waals surface area contributed by atoms with E-state index in [2.05, 4.69) is 0 Å². The Hall–Kier alpha value is -3.40. The van der Waals surface area contributed by atoms with Crippen molar-refractivity contribution in [1.82, 2.24) is 0 Å². The zero-order valence-corrected chi connectivity index (χ0v) is 16.8. The van der Waals surface area contributed by atoms with E-state index in [0.29, 0.717) is 16.9 Å². The van der Waals surface area contributed by atoms with Gasteiger partial charge in [-0.15, -0.1) is 0 Å². The van der Waals surface area contributed by atoms with Gasteiger partial charge >= 0.3 is 5.63 Å². The van der Waals surface area contributed by atoms with Gasteiger partial charge in [0.2, 0.25) is 5.78 Å². The van der Waals surface area contributed by atoms with Gasteiger partial charge in [0.05, 0.1) is 0 Å². The second-order valence-electron chi connectivity index (χ2n) is 7.84. The van der Waals surface area contributed by atoms with E-state index in [-0.39, 0.29) is 11.4 Å². The third kappa shape index (κ3) is 3.09. The summed E-state index contributed by atoms with van der Waals surface area (Å²) in [6.45, 7) is 1.76. The van der Waals surface area contributed by atoms with Crippen LogP contribution in [0.1, 0.15) is 41.3 Å². The van der Waals surface area contributed by atoms with Crippen LogP contribution in [0.3, 0.4) is 0 Å². The summed E-state index contributed by atoms with van der Waals surface area (Å²) in [6.07, 6.45) is 3.17. The quantitative estimate of drug-likeness (QED) is 0.260. The highest BCUT2D eigenvalue weighted by molar-refractivity contribution is 6.07. The van der Waals surface area contributed by atoms with Crippen molar-refractivity contribution in [3.8, 4) is 5.75 Å². The molecule has 4 heteroatoms. The van der Waals surface area contributed by atoms with Gasteiger partial charge in [0.15, 0.2) is 6.10 Å². The molecular weight excluding hydrogens is 376 g/mol. The lowest BCUT2D eigenvalue weighted by atomic mass is 9.90. The number of ketones is 1. The number of hydrogen-bond acceptors (Lipinski definition) is 4. The molecule has 0 unspecified atom stereocenters. The lowest BCUT2D eigenvalue weighted by Crippen LogP contribution is -2.23. The Morgan fingerprint density at radius 1 is 0.867 bits per heavy atom. The van der Waals surface area contributed by atoms with Crippen LogP contribution in [-0.4, -0.2) is 11.9 Å². The maximum Gasteiger partial charge on any atom is 0.339 e. The van der Waals surface area contributed by atoms with Crippen LogP contribution in [0.15, 0.2) is 69.9 Å². The first-order valence-electron chi connectivity index (χ1n) is 10.4. The first-order valence-corrected chi connectivity index (χ1v) is 10.4. The van der Waals surface area contributed by atoms with Gasteiger partial charge in [0.25, 0.3) is 0 Å². The number of benzene rings is 3. The molecule has 5 rings (SSSR count). The minimum atomic E-state index is -0.635. The molecule has 1 aliphatic rings. The molecule has 0 N–H and O–H groups in total. The molecule has 0 saturated heterocycles. The van der Waals surface area contributed by atoms with Crippen LogP contribution in [0.25, 0.3) is 21.7 Å². The molecule has 0 bridgehead atoms. The number of rotatable bonds is 4. The minimum Gasteiger partial charge on any atom is -0.482 e. The number of carbonyl (C=O) groups is 1. The molecule has 4 nitrogen and oxygen atoms in total. The smallest absolute Gasteiger partial charge is 0.339 e. The number of carbonyl (C=O) groups excluding carboxylic acids is 1. The molecule has 0 aliphatic heterocycles. The molecule has 0 saturated carbocycles. The van der Waals surface area contributed by atoms with Gasteiger partial charge in [-0.1, -0.05) is 48.5 Å². The predicted molar refractivity (Wildman–Crippen MR) is 117 cm³/mol. The summed E-state index contributed by atoms with van der Waals surface area (Å²) >= 11 is 0. The second-order valence-corrected chi connectivity index (χ2v) is 7.84. The number of Topliss-reactive ketones (excluding diaryl/α,β-unsaturated/α-hetero) is 1. The summed E-state index contributed by atoms with van der Waals surface area (Å²) in [5.41, 5.74) is 2.93. The third-order valence-electron chi connectivity index (χ3n) is 5.94. The van der Waals surface area contributed by atoms with Gasteiger partial charge in [-0.05, 0) is 50.3 Å².